The van der Waals surface area contributed by atoms with Crippen LogP contribution in [0.3, 0.4) is 0 Å². The van der Waals surface area contributed by atoms with Crippen LogP contribution in [0.1, 0.15) is 79.8 Å². The molecule has 1 aliphatic carbocycles. The van der Waals surface area contributed by atoms with Crippen molar-refractivity contribution in [2.24, 2.45) is 11.8 Å². The second-order valence-corrected chi connectivity index (χ2v) is 9.42. The Morgan fingerprint density at radius 1 is 1.15 bits per heavy atom. The molecule has 2 aliphatic rings. The van der Waals surface area contributed by atoms with Crippen LogP contribution in [0.4, 0.5) is 5.69 Å². The molecule has 0 radical (unpaired) electrons. The largest absolute Gasteiger partial charge is 0.477 e. The van der Waals surface area contributed by atoms with E-state index < -0.39 is 5.97 Å². The van der Waals surface area contributed by atoms with Gasteiger partial charge in [0, 0.05) is 30.1 Å². The van der Waals surface area contributed by atoms with Crippen molar-refractivity contribution in [3.8, 4) is 0 Å². The Labute approximate surface area is 165 Å². The highest BCUT2D eigenvalue weighted by Gasteiger charge is 2.36. The molecule has 150 valence electrons. The fourth-order valence-corrected chi connectivity index (χ4v) is 5.15. The van der Waals surface area contributed by atoms with Crippen LogP contribution in [-0.2, 0) is 9.53 Å². The molecule has 0 spiro atoms. The van der Waals surface area contributed by atoms with Crippen molar-refractivity contribution < 1.29 is 19.4 Å². The lowest BCUT2D eigenvalue weighted by Gasteiger charge is -2.37. The zero-order chi connectivity index (χ0) is 19.6. The van der Waals surface area contributed by atoms with Crippen molar-refractivity contribution >= 4 is 28.9 Å². The van der Waals surface area contributed by atoms with Crippen molar-refractivity contribution in [1.29, 1.82) is 0 Å². The maximum absolute atomic E-state index is 13.6. The highest BCUT2D eigenvalue weighted by Crippen LogP contribution is 2.39. The number of hydrogen-bond acceptors (Lipinski definition) is 4. The summed E-state index contributed by atoms with van der Waals surface area (Å²) in [6, 6.07) is 1.97. The Hall–Kier alpha value is -1.40. The number of anilines is 1. The highest BCUT2D eigenvalue weighted by molar-refractivity contribution is 7.14. The first-order valence-corrected chi connectivity index (χ1v) is 11.0. The summed E-state index contributed by atoms with van der Waals surface area (Å²) in [4.78, 5) is 28.6. The number of nitrogens with zero attached hydrogens (tertiary/aromatic N) is 1. The summed E-state index contributed by atoms with van der Waals surface area (Å²) in [5, 5.41) is 9.78. The molecule has 1 N–H and O–H groups in total. The predicted octanol–water partition coefficient (Wildman–Crippen LogP) is 4.91. The van der Waals surface area contributed by atoms with E-state index in [1.165, 1.54) is 11.3 Å². The monoisotopic (exact) mass is 393 g/mol. The van der Waals surface area contributed by atoms with Gasteiger partial charge in [-0.3, -0.25) is 4.79 Å². The van der Waals surface area contributed by atoms with Gasteiger partial charge < -0.3 is 14.7 Å². The van der Waals surface area contributed by atoms with Crippen LogP contribution in [0.2, 0.25) is 0 Å². The van der Waals surface area contributed by atoms with E-state index in [9.17, 15) is 14.7 Å². The molecule has 2 heterocycles. The summed E-state index contributed by atoms with van der Waals surface area (Å²) < 4.78 is 5.49. The average molecular weight is 394 g/mol. The first-order chi connectivity index (χ1) is 12.9. The molecule has 0 atom stereocenters. The molecular weight excluding hydrogens is 362 g/mol. The van der Waals surface area contributed by atoms with Gasteiger partial charge in [0.25, 0.3) is 0 Å². The van der Waals surface area contributed by atoms with Crippen molar-refractivity contribution in [3.05, 3.63) is 15.8 Å². The maximum atomic E-state index is 13.6. The Morgan fingerprint density at radius 2 is 1.78 bits per heavy atom. The molecule has 27 heavy (non-hydrogen) atoms. The van der Waals surface area contributed by atoms with Crippen LogP contribution in [0.5, 0.6) is 0 Å². The van der Waals surface area contributed by atoms with Gasteiger partial charge in [0.1, 0.15) is 4.88 Å². The van der Waals surface area contributed by atoms with E-state index in [1.807, 2.05) is 11.0 Å². The minimum absolute atomic E-state index is 0.00749. The highest BCUT2D eigenvalue weighted by atomic mass is 32.1. The van der Waals surface area contributed by atoms with Crippen molar-refractivity contribution in [1.82, 2.24) is 0 Å². The topological polar surface area (TPSA) is 66.8 Å². The van der Waals surface area contributed by atoms with E-state index in [4.69, 9.17) is 4.74 Å². The molecule has 0 bridgehead atoms. The predicted molar refractivity (Wildman–Crippen MR) is 108 cm³/mol. The standard InChI is InChI=1S/C21H31NO4S/c1-13(2)18-12-17(19(27-18)21(24)25)22(16-8-10-26-11-9-16)20(23)15-6-4-14(3)5-7-15/h12-16H,4-11H2,1-3H3,(H,24,25). The summed E-state index contributed by atoms with van der Waals surface area (Å²) in [7, 11) is 0. The first kappa shape index (κ1) is 20.3. The molecule has 0 unspecified atom stereocenters. The van der Waals surface area contributed by atoms with E-state index in [0.29, 0.717) is 29.7 Å². The van der Waals surface area contributed by atoms with Crippen LogP contribution >= 0.6 is 11.3 Å². The third-order valence-electron chi connectivity index (χ3n) is 5.91. The van der Waals surface area contributed by atoms with E-state index in [1.54, 1.807) is 0 Å². The van der Waals surface area contributed by atoms with Gasteiger partial charge in [0.2, 0.25) is 5.91 Å². The number of aromatic carboxylic acids is 1. The lowest BCUT2D eigenvalue weighted by Crippen LogP contribution is -2.47. The molecular formula is C21H31NO4S. The minimum Gasteiger partial charge on any atom is -0.477 e. The Balaban J connectivity index is 1.97. The van der Waals surface area contributed by atoms with Crippen LogP contribution < -0.4 is 4.90 Å². The third-order valence-corrected chi connectivity index (χ3v) is 7.33. The smallest absolute Gasteiger partial charge is 0.348 e. The molecule has 1 aromatic heterocycles. The number of carbonyl (C=O) groups excluding carboxylic acids is 1. The molecule has 1 aromatic rings. The molecule has 2 fully saturated rings. The lowest BCUT2D eigenvalue weighted by molar-refractivity contribution is -0.124. The van der Waals surface area contributed by atoms with Gasteiger partial charge in [-0.25, -0.2) is 4.79 Å². The molecule has 5 nitrogen and oxygen atoms in total. The molecule has 1 saturated heterocycles. The second kappa shape index (κ2) is 8.74. The van der Waals surface area contributed by atoms with Crippen molar-refractivity contribution in [2.45, 2.75) is 71.3 Å². The van der Waals surface area contributed by atoms with Crippen molar-refractivity contribution in [3.63, 3.8) is 0 Å². The molecule has 0 aromatic carbocycles. The van der Waals surface area contributed by atoms with Crippen LogP contribution in [-0.4, -0.2) is 36.2 Å². The normalized spacial score (nSPS) is 24.1. The maximum Gasteiger partial charge on any atom is 0.348 e. The average Bonchev–Trinajstić information content (AvgIpc) is 3.09. The minimum atomic E-state index is -0.941. The number of thiophene rings is 1. The van der Waals surface area contributed by atoms with Gasteiger partial charge in [-0.1, -0.05) is 20.8 Å². The molecule has 3 rings (SSSR count). The van der Waals surface area contributed by atoms with Crippen LogP contribution in [0.25, 0.3) is 0 Å². The summed E-state index contributed by atoms with van der Waals surface area (Å²) in [5.74, 6) is 0.0967. The van der Waals surface area contributed by atoms with Crippen LogP contribution in [0.15, 0.2) is 6.07 Å². The number of carboxylic acids is 1. The first-order valence-electron chi connectivity index (χ1n) is 10.2. The quantitative estimate of drug-likeness (QED) is 0.772. The third kappa shape index (κ3) is 4.54. The van der Waals surface area contributed by atoms with Gasteiger partial charge in [0.05, 0.1) is 5.69 Å². The van der Waals surface area contributed by atoms with E-state index in [0.717, 1.165) is 43.4 Å². The summed E-state index contributed by atoms with van der Waals surface area (Å²) in [6.45, 7) is 7.61. The van der Waals surface area contributed by atoms with Gasteiger partial charge >= 0.3 is 5.97 Å². The van der Waals surface area contributed by atoms with Gasteiger partial charge in [0.15, 0.2) is 0 Å². The Kier molecular flexibility index (Phi) is 6.58. The fraction of sp³-hybridized carbons (Fsp3) is 0.714. The number of hydrogen-bond donors (Lipinski definition) is 1. The lowest BCUT2D eigenvalue weighted by atomic mass is 9.82. The summed E-state index contributed by atoms with van der Waals surface area (Å²) in [6.07, 6.45) is 5.49. The zero-order valence-corrected chi connectivity index (χ0v) is 17.4. The van der Waals surface area contributed by atoms with Gasteiger partial charge in [-0.2, -0.15) is 0 Å². The van der Waals surface area contributed by atoms with E-state index in [-0.39, 0.29) is 23.8 Å². The number of ether oxygens (including phenoxy) is 1. The summed E-state index contributed by atoms with van der Waals surface area (Å²) >= 11 is 1.31. The van der Waals surface area contributed by atoms with E-state index >= 15 is 0 Å². The number of carboxylic acid groups (broad SMARTS) is 1. The van der Waals surface area contributed by atoms with Gasteiger partial charge in [-0.15, -0.1) is 11.3 Å². The SMILES string of the molecule is CC1CCC(C(=O)N(c2cc(C(C)C)sc2C(=O)O)C2CCOCC2)CC1. The van der Waals surface area contributed by atoms with Crippen LogP contribution in [0, 0.1) is 11.8 Å². The molecule has 6 heteroatoms. The number of rotatable bonds is 5. The number of amides is 1. The zero-order valence-electron chi connectivity index (χ0n) is 16.6. The Bertz CT molecular complexity index is 670. The van der Waals surface area contributed by atoms with Crippen molar-refractivity contribution in [2.75, 3.05) is 18.1 Å². The van der Waals surface area contributed by atoms with Gasteiger partial charge in [-0.05, 0) is 56.4 Å². The molecule has 1 saturated carbocycles. The van der Waals surface area contributed by atoms with E-state index in [2.05, 4.69) is 20.8 Å². The second-order valence-electron chi connectivity index (χ2n) is 8.33. The number of carbonyl (C=O) groups is 2. The fourth-order valence-electron chi connectivity index (χ4n) is 4.16. The molecule has 1 amide bonds. The summed E-state index contributed by atoms with van der Waals surface area (Å²) in [5.41, 5.74) is 0.603. The Morgan fingerprint density at radius 3 is 2.33 bits per heavy atom. The molecule has 1 aliphatic heterocycles.